The molecule has 0 aromatic carbocycles. The smallest absolute Gasteiger partial charge is 0.156 e. The lowest BCUT2D eigenvalue weighted by Gasteiger charge is -2.63. The van der Waals surface area contributed by atoms with E-state index in [0.29, 0.717) is 25.7 Å². The second kappa shape index (κ2) is 4.71. The van der Waals surface area contributed by atoms with Gasteiger partial charge < -0.3 is 10.2 Å². The van der Waals surface area contributed by atoms with Gasteiger partial charge in [0.25, 0.3) is 0 Å². The van der Waals surface area contributed by atoms with Gasteiger partial charge in [-0.2, -0.15) is 5.26 Å². The minimum Gasteiger partial charge on any atom is -0.389 e. The highest BCUT2D eigenvalue weighted by atomic mass is 16.3. The van der Waals surface area contributed by atoms with Crippen molar-refractivity contribution < 1.29 is 15.0 Å². The van der Waals surface area contributed by atoms with Gasteiger partial charge in [-0.1, -0.05) is 19.4 Å². The molecule has 4 rings (SSSR count). The molecule has 0 aromatic heterocycles. The average Bonchev–Trinajstić information content (AvgIpc) is 2.82. The molecule has 2 N–H and O–H groups in total. The summed E-state index contributed by atoms with van der Waals surface area (Å²) in [5.74, 6) is 0.468. The minimum atomic E-state index is -1.27. The van der Waals surface area contributed by atoms with Crippen molar-refractivity contribution >= 4 is 5.78 Å². The SMILES string of the molecule is C[C@]12CCC(=O)C=C1CC[C@@H]1[C@@H]3CC[C@](O)(C#N)[C@@]3(C)CC[C@@]12O. The first-order valence-corrected chi connectivity index (χ1v) is 9.30. The van der Waals surface area contributed by atoms with E-state index in [2.05, 4.69) is 13.0 Å². The molecule has 24 heavy (non-hydrogen) atoms. The van der Waals surface area contributed by atoms with Crippen molar-refractivity contribution in [2.75, 3.05) is 0 Å². The van der Waals surface area contributed by atoms with Crippen LogP contribution in [0.5, 0.6) is 0 Å². The summed E-state index contributed by atoms with van der Waals surface area (Å²) in [6.45, 7) is 4.18. The number of carbonyl (C=O) groups is 1. The van der Waals surface area contributed by atoms with E-state index < -0.39 is 16.6 Å². The maximum absolute atomic E-state index is 11.9. The largest absolute Gasteiger partial charge is 0.389 e. The van der Waals surface area contributed by atoms with Crippen molar-refractivity contribution in [3.63, 3.8) is 0 Å². The predicted molar refractivity (Wildman–Crippen MR) is 88.7 cm³/mol. The molecule has 0 radical (unpaired) electrons. The number of hydrogen-bond donors (Lipinski definition) is 2. The van der Waals surface area contributed by atoms with Crippen molar-refractivity contribution in [1.82, 2.24) is 0 Å². The van der Waals surface area contributed by atoms with Gasteiger partial charge in [0.15, 0.2) is 11.4 Å². The number of hydrogen-bond acceptors (Lipinski definition) is 4. The van der Waals surface area contributed by atoms with Crippen LogP contribution < -0.4 is 0 Å². The zero-order valence-corrected chi connectivity index (χ0v) is 14.6. The molecular weight excluding hydrogens is 302 g/mol. The number of aliphatic hydroxyl groups is 2. The second-order valence-corrected chi connectivity index (χ2v) is 9.07. The molecule has 3 saturated carbocycles. The van der Waals surface area contributed by atoms with Crippen LogP contribution in [0.25, 0.3) is 0 Å². The fraction of sp³-hybridized carbons (Fsp3) is 0.800. The van der Waals surface area contributed by atoms with Gasteiger partial charge in [0, 0.05) is 17.3 Å². The van der Waals surface area contributed by atoms with Crippen LogP contribution in [0.15, 0.2) is 11.6 Å². The van der Waals surface area contributed by atoms with Crippen LogP contribution in [-0.2, 0) is 4.79 Å². The highest BCUT2D eigenvalue weighted by Crippen LogP contribution is 2.68. The lowest BCUT2D eigenvalue weighted by molar-refractivity contribution is -0.202. The van der Waals surface area contributed by atoms with E-state index >= 15 is 0 Å². The average molecular weight is 329 g/mol. The summed E-state index contributed by atoms with van der Waals surface area (Å²) in [6, 6.07) is 2.18. The Hall–Kier alpha value is -1.18. The minimum absolute atomic E-state index is 0.106. The number of nitrogens with zero attached hydrogens (tertiary/aromatic N) is 1. The Morgan fingerprint density at radius 1 is 1.08 bits per heavy atom. The first kappa shape index (κ1) is 16.3. The molecule has 0 saturated heterocycles. The van der Waals surface area contributed by atoms with Gasteiger partial charge in [-0.05, 0) is 62.9 Å². The van der Waals surface area contributed by atoms with Crippen molar-refractivity contribution in [3.8, 4) is 6.07 Å². The molecule has 0 spiro atoms. The Morgan fingerprint density at radius 3 is 2.54 bits per heavy atom. The Balaban J connectivity index is 1.77. The van der Waals surface area contributed by atoms with E-state index in [0.717, 1.165) is 31.3 Å². The van der Waals surface area contributed by atoms with Gasteiger partial charge >= 0.3 is 0 Å². The lowest BCUT2D eigenvalue weighted by Crippen LogP contribution is -2.64. The summed E-state index contributed by atoms with van der Waals surface area (Å²) < 4.78 is 0. The van der Waals surface area contributed by atoms with E-state index in [9.17, 15) is 20.3 Å². The van der Waals surface area contributed by atoms with Crippen LogP contribution in [0.4, 0.5) is 0 Å². The molecule has 4 heteroatoms. The Bertz CT molecular complexity index is 679. The van der Waals surface area contributed by atoms with Crippen LogP contribution in [0.1, 0.15) is 65.2 Å². The van der Waals surface area contributed by atoms with Gasteiger partial charge in [0.05, 0.1) is 11.7 Å². The molecule has 0 aliphatic heterocycles. The molecule has 6 atom stereocenters. The fourth-order valence-electron chi connectivity index (χ4n) is 6.70. The van der Waals surface area contributed by atoms with Crippen molar-refractivity contribution in [3.05, 3.63) is 11.6 Å². The molecule has 4 nitrogen and oxygen atoms in total. The van der Waals surface area contributed by atoms with E-state index in [1.807, 2.05) is 6.92 Å². The topological polar surface area (TPSA) is 81.3 Å². The van der Waals surface area contributed by atoms with Crippen molar-refractivity contribution in [2.45, 2.75) is 76.4 Å². The van der Waals surface area contributed by atoms with E-state index in [-0.39, 0.29) is 23.0 Å². The molecule has 0 amide bonds. The number of nitriles is 1. The third-order valence-electron chi connectivity index (χ3n) is 8.49. The summed E-state index contributed by atoms with van der Waals surface area (Å²) in [6.07, 6.45) is 7.32. The maximum atomic E-state index is 11.9. The highest BCUT2D eigenvalue weighted by molar-refractivity contribution is 5.91. The van der Waals surface area contributed by atoms with Gasteiger partial charge in [0.1, 0.15) is 0 Å². The maximum Gasteiger partial charge on any atom is 0.156 e. The Kier molecular flexibility index (Phi) is 3.20. The van der Waals surface area contributed by atoms with Crippen molar-refractivity contribution in [1.29, 1.82) is 5.26 Å². The summed E-state index contributed by atoms with van der Waals surface area (Å²) in [7, 11) is 0. The fourth-order valence-corrected chi connectivity index (χ4v) is 6.70. The lowest BCUT2D eigenvalue weighted by atomic mass is 9.44. The zero-order chi connectivity index (χ0) is 17.4. The van der Waals surface area contributed by atoms with Crippen LogP contribution >= 0.6 is 0 Å². The Morgan fingerprint density at radius 2 is 1.83 bits per heavy atom. The third kappa shape index (κ3) is 1.68. The summed E-state index contributed by atoms with van der Waals surface area (Å²) in [4.78, 5) is 11.9. The van der Waals surface area contributed by atoms with E-state index in [1.54, 1.807) is 6.08 Å². The molecule has 0 unspecified atom stereocenters. The normalized spacial score (nSPS) is 53.5. The Labute approximate surface area is 143 Å². The van der Waals surface area contributed by atoms with Crippen LogP contribution in [0.2, 0.25) is 0 Å². The van der Waals surface area contributed by atoms with E-state index in [1.165, 1.54) is 0 Å². The first-order chi connectivity index (χ1) is 11.2. The third-order valence-corrected chi connectivity index (χ3v) is 8.49. The van der Waals surface area contributed by atoms with Crippen molar-refractivity contribution in [2.24, 2.45) is 22.7 Å². The number of fused-ring (bicyclic) bond motifs is 5. The van der Waals surface area contributed by atoms with Crippen LogP contribution in [0.3, 0.4) is 0 Å². The van der Waals surface area contributed by atoms with Crippen LogP contribution in [-0.4, -0.2) is 27.2 Å². The molecule has 3 fully saturated rings. The molecule has 4 aliphatic rings. The predicted octanol–water partition coefficient (Wildman–Crippen LogP) is 2.89. The first-order valence-electron chi connectivity index (χ1n) is 9.30. The summed E-state index contributed by atoms with van der Waals surface area (Å²) in [5.41, 5.74) is -1.73. The van der Waals surface area contributed by atoms with Gasteiger partial charge in [-0.15, -0.1) is 0 Å². The summed E-state index contributed by atoms with van der Waals surface area (Å²) in [5, 5.41) is 32.2. The highest BCUT2D eigenvalue weighted by Gasteiger charge is 2.69. The molecule has 4 aliphatic carbocycles. The van der Waals surface area contributed by atoms with Gasteiger partial charge in [0.2, 0.25) is 0 Å². The molecule has 0 heterocycles. The number of ketones is 1. The standard InChI is InChI=1S/C20H27NO3/c1-17-7-5-14(22)11-13(17)3-4-16-15-6-8-19(23,12-21)18(15,2)9-10-20(16,17)24/h11,15-16,23-24H,3-10H2,1-2H3/t15-,16+,17-,18-,19-,20+/m0/s1. The van der Waals surface area contributed by atoms with Gasteiger partial charge in [-0.3, -0.25) is 4.79 Å². The number of rotatable bonds is 0. The molecular formula is C20H27NO3. The quantitative estimate of drug-likeness (QED) is 0.670. The van der Waals surface area contributed by atoms with Gasteiger partial charge in [-0.25, -0.2) is 0 Å². The molecule has 0 bridgehead atoms. The number of carbonyl (C=O) groups excluding carboxylic acids is 1. The molecule has 130 valence electrons. The zero-order valence-electron chi connectivity index (χ0n) is 14.6. The van der Waals surface area contributed by atoms with Crippen LogP contribution in [0, 0.1) is 34.0 Å². The van der Waals surface area contributed by atoms with E-state index in [4.69, 9.17) is 0 Å². The second-order valence-electron chi connectivity index (χ2n) is 9.07. The summed E-state index contributed by atoms with van der Waals surface area (Å²) >= 11 is 0. The molecule has 0 aromatic rings. The monoisotopic (exact) mass is 329 g/mol.